The Balaban J connectivity index is 2.42. The molecule has 1 aliphatic carbocycles. The van der Waals surface area contributed by atoms with Crippen LogP contribution < -0.4 is 0 Å². The van der Waals surface area contributed by atoms with Gasteiger partial charge in [0.1, 0.15) is 5.78 Å². The molecule has 1 fully saturated rings. The highest BCUT2D eigenvalue weighted by molar-refractivity contribution is 6.04. The lowest BCUT2D eigenvalue weighted by Gasteiger charge is -2.24. The summed E-state index contributed by atoms with van der Waals surface area (Å²) < 4.78 is 10.3. The maximum absolute atomic E-state index is 13.1. The predicted molar refractivity (Wildman–Crippen MR) is 98.0 cm³/mol. The van der Waals surface area contributed by atoms with Gasteiger partial charge in [-0.1, -0.05) is 30.3 Å². The fraction of sp³-hybridized carbons (Fsp3) is 0.524. The van der Waals surface area contributed by atoms with Crippen molar-refractivity contribution in [1.29, 1.82) is 0 Å². The largest absolute Gasteiger partial charge is 0.465 e. The third-order valence-corrected chi connectivity index (χ3v) is 5.03. The molecule has 27 heavy (non-hydrogen) atoms. The van der Waals surface area contributed by atoms with Crippen molar-refractivity contribution in [1.82, 2.24) is 0 Å². The lowest BCUT2D eigenvalue weighted by molar-refractivity contribution is -0.172. The molecule has 0 aliphatic heterocycles. The average molecular weight is 374 g/mol. The molecule has 1 aliphatic rings. The first-order valence-electron chi connectivity index (χ1n) is 9.28. The third-order valence-electron chi connectivity index (χ3n) is 5.03. The van der Waals surface area contributed by atoms with Gasteiger partial charge in [-0.25, -0.2) is 0 Å². The summed E-state index contributed by atoms with van der Waals surface area (Å²) in [5.41, 5.74) is -1.04. The molecule has 0 N–H and O–H groups in total. The zero-order chi connectivity index (χ0) is 20.0. The molecule has 2 atom stereocenters. The highest BCUT2D eigenvalue weighted by Crippen LogP contribution is 2.50. The van der Waals surface area contributed by atoms with Crippen LogP contribution in [0.5, 0.6) is 0 Å². The first-order valence-corrected chi connectivity index (χ1v) is 9.28. The lowest BCUT2D eigenvalue weighted by atomic mass is 9.84. The Morgan fingerprint density at radius 3 is 2.00 bits per heavy atom. The Hall–Kier alpha value is -2.50. The van der Waals surface area contributed by atoms with Gasteiger partial charge in [-0.05, 0) is 39.5 Å². The summed E-state index contributed by atoms with van der Waals surface area (Å²) in [7, 11) is 0. The average Bonchev–Trinajstić information content (AvgIpc) is 3.02. The zero-order valence-electron chi connectivity index (χ0n) is 16.0. The molecule has 0 aromatic heterocycles. The number of ketones is 2. The molecule has 1 saturated carbocycles. The molecule has 0 amide bonds. The van der Waals surface area contributed by atoms with E-state index in [0.29, 0.717) is 5.56 Å². The van der Waals surface area contributed by atoms with Gasteiger partial charge in [-0.3, -0.25) is 14.4 Å². The van der Waals surface area contributed by atoms with Crippen LogP contribution in [0.3, 0.4) is 0 Å². The number of carbonyl (C=O) groups is 4. The molecule has 0 saturated heterocycles. The second-order valence-electron chi connectivity index (χ2n) is 6.93. The minimum Gasteiger partial charge on any atom is -0.465 e. The summed E-state index contributed by atoms with van der Waals surface area (Å²) in [4.78, 5) is 50.2. The highest BCUT2D eigenvalue weighted by atomic mass is 16.6. The maximum atomic E-state index is 13.1. The van der Waals surface area contributed by atoms with Crippen molar-refractivity contribution in [2.45, 2.75) is 40.0 Å². The number of ether oxygens (including phenoxy) is 2. The fourth-order valence-corrected chi connectivity index (χ4v) is 3.88. The van der Waals surface area contributed by atoms with E-state index in [9.17, 15) is 19.2 Å². The summed E-state index contributed by atoms with van der Waals surface area (Å²) in [5, 5.41) is 0. The van der Waals surface area contributed by atoms with Crippen molar-refractivity contribution in [3.05, 3.63) is 35.9 Å². The van der Waals surface area contributed by atoms with Gasteiger partial charge in [0, 0.05) is 17.9 Å². The quantitative estimate of drug-likeness (QED) is 0.395. The molecule has 2 rings (SSSR count). The van der Waals surface area contributed by atoms with E-state index in [1.165, 1.54) is 6.92 Å². The molecule has 1 aromatic rings. The van der Waals surface area contributed by atoms with Crippen LogP contribution in [-0.4, -0.2) is 36.7 Å². The van der Waals surface area contributed by atoms with E-state index in [1.807, 2.05) is 0 Å². The van der Waals surface area contributed by atoms with Gasteiger partial charge >= 0.3 is 11.9 Å². The van der Waals surface area contributed by atoms with Gasteiger partial charge in [0.2, 0.25) is 0 Å². The Morgan fingerprint density at radius 1 is 0.963 bits per heavy atom. The Labute approximate surface area is 159 Å². The molecule has 1 aromatic carbocycles. The number of rotatable bonds is 8. The summed E-state index contributed by atoms with van der Waals surface area (Å²) in [6.45, 7) is 5.00. The normalized spacial score (nSPS) is 20.7. The standard InChI is InChI=1S/C21H26O6/c1-4-26-19(24)21(20(25)27-5-2)12-16(11-14(3)22)17(13-21)18(23)15-9-7-6-8-10-15/h6-10,16-17H,4-5,11-13H2,1-3H3/t16-,17-/m1/s1. The predicted octanol–water partition coefficient (Wildman–Crippen LogP) is 2.99. The number of hydrogen-bond donors (Lipinski definition) is 0. The molecule has 6 nitrogen and oxygen atoms in total. The summed E-state index contributed by atoms with van der Waals surface area (Å²) >= 11 is 0. The van der Waals surface area contributed by atoms with Crippen molar-refractivity contribution >= 4 is 23.5 Å². The first kappa shape index (κ1) is 20.8. The van der Waals surface area contributed by atoms with Crippen LogP contribution in [0.2, 0.25) is 0 Å². The zero-order valence-corrected chi connectivity index (χ0v) is 16.0. The Bertz CT molecular complexity index is 691. The van der Waals surface area contributed by atoms with Crippen LogP contribution in [0.4, 0.5) is 0 Å². The Kier molecular flexibility index (Phi) is 6.88. The second-order valence-corrected chi connectivity index (χ2v) is 6.93. The van der Waals surface area contributed by atoms with E-state index < -0.39 is 29.2 Å². The number of hydrogen-bond acceptors (Lipinski definition) is 6. The molecule has 0 heterocycles. The molecule has 0 spiro atoms. The van der Waals surface area contributed by atoms with Crippen molar-refractivity contribution < 1.29 is 28.7 Å². The number of esters is 2. The fourth-order valence-electron chi connectivity index (χ4n) is 3.88. The van der Waals surface area contributed by atoms with E-state index in [-0.39, 0.29) is 44.0 Å². The van der Waals surface area contributed by atoms with Gasteiger partial charge < -0.3 is 14.3 Å². The summed E-state index contributed by atoms with van der Waals surface area (Å²) in [5.74, 6) is -2.65. The molecule has 0 unspecified atom stereocenters. The van der Waals surface area contributed by atoms with E-state index in [2.05, 4.69) is 0 Å². The highest BCUT2D eigenvalue weighted by Gasteiger charge is 2.59. The number of Topliss-reactive ketones (excluding diaryl/α,β-unsaturated/α-hetero) is 2. The van der Waals surface area contributed by atoms with Crippen molar-refractivity contribution in [3.63, 3.8) is 0 Å². The molecular formula is C21H26O6. The van der Waals surface area contributed by atoms with Crippen LogP contribution >= 0.6 is 0 Å². The second kappa shape index (κ2) is 8.93. The van der Waals surface area contributed by atoms with Gasteiger partial charge in [0.05, 0.1) is 13.2 Å². The maximum Gasteiger partial charge on any atom is 0.323 e. The summed E-state index contributed by atoms with van der Waals surface area (Å²) in [6, 6.07) is 8.71. The van der Waals surface area contributed by atoms with Crippen LogP contribution in [0, 0.1) is 17.3 Å². The third kappa shape index (κ3) is 4.43. The van der Waals surface area contributed by atoms with Crippen molar-refractivity contribution in [2.24, 2.45) is 17.3 Å². The van der Waals surface area contributed by atoms with Gasteiger partial charge in [-0.2, -0.15) is 0 Å². The van der Waals surface area contributed by atoms with Gasteiger partial charge in [0.15, 0.2) is 11.2 Å². The number of carbonyl (C=O) groups excluding carboxylic acids is 4. The van der Waals surface area contributed by atoms with E-state index in [0.717, 1.165) is 0 Å². The van der Waals surface area contributed by atoms with Crippen molar-refractivity contribution in [2.75, 3.05) is 13.2 Å². The summed E-state index contributed by atoms with van der Waals surface area (Å²) in [6.07, 6.45) is 0.202. The van der Waals surface area contributed by atoms with E-state index >= 15 is 0 Å². The molecule has 146 valence electrons. The molecule has 6 heteroatoms. The van der Waals surface area contributed by atoms with Crippen LogP contribution in [0.15, 0.2) is 30.3 Å². The number of benzene rings is 1. The van der Waals surface area contributed by atoms with Crippen LogP contribution in [-0.2, 0) is 23.9 Å². The smallest absolute Gasteiger partial charge is 0.323 e. The van der Waals surface area contributed by atoms with Crippen LogP contribution in [0.25, 0.3) is 0 Å². The van der Waals surface area contributed by atoms with Gasteiger partial charge in [0.25, 0.3) is 0 Å². The van der Waals surface area contributed by atoms with Crippen LogP contribution in [0.1, 0.15) is 50.4 Å². The topological polar surface area (TPSA) is 86.7 Å². The molecule has 0 radical (unpaired) electrons. The lowest BCUT2D eigenvalue weighted by Crippen LogP contribution is -2.40. The van der Waals surface area contributed by atoms with Crippen molar-refractivity contribution in [3.8, 4) is 0 Å². The molecular weight excluding hydrogens is 348 g/mol. The first-order chi connectivity index (χ1) is 12.9. The van der Waals surface area contributed by atoms with Gasteiger partial charge in [-0.15, -0.1) is 0 Å². The monoisotopic (exact) mass is 374 g/mol. The van der Waals surface area contributed by atoms with E-state index in [4.69, 9.17) is 9.47 Å². The minimum absolute atomic E-state index is 0.00363. The molecule has 0 bridgehead atoms. The van der Waals surface area contributed by atoms with E-state index in [1.54, 1.807) is 44.2 Å². The SMILES string of the molecule is CCOC(=O)C1(C(=O)OCC)C[C@@H](CC(C)=O)[C@H](C(=O)c2ccccc2)C1. The Morgan fingerprint density at radius 2 is 1.52 bits per heavy atom. The minimum atomic E-state index is -1.54.